The van der Waals surface area contributed by atoms with Crippen molar-refractivity contribution >= 4 is 29.0 Å². The quantitative estimate of drug-likeness (QED) is 0.281. The van der Waals surface area contributed by atoms with Gasteiger partial charge in [-0.2, -0.15) is 0 Å². The number of carbonyl (C=O) groups is 1. The van der Waals surface area contributed by atoms with Gasteiger partial charge in [0.2, 0.25) is 0 Å². The molecule has 0 saturated heterocycles. The molecule has 0 aliphatic heterocycles. The average Bonchev–Trinajstić information content (AvgIpc) is 2.76. The first-order valence-corrected chi connectivity index (χ1v) is 10.4. The van der Waals surface area contributed by atoms with Crippen LogP contribution in [-0.4, -0.2) is 23.7 Å². The van der Waals surface area contributed by atoms with Gasteiger partial charge in [-0.15, -0.1) is 11.8 Å². The van der Waals surface area contributed by atoms with E-state index in [0.717, 1.165) is 5.75 Å². The highest BCUT2D eigenvalue weighted by Gasteiger charge is 2.17. The van der Waals surface area contributed by atoms with Crippen molar-refractivity contribution in [2.45, 2.75) is 11.8 Å². The number of benzene rings is 3. The van der Waals surface area contributed by atoms with Crippen LogP contribution in [0.3, 0.4) is 0 Å². The molecule has 0 heterocycles. The molecule has 0 unspecified atom stereocenters. The summed E-state index contributed by atoms with van der Waals surface area (Å²) in [7, 11) is 0. The molecule has 154 valence electrons. The third kappa shape index (κ3) is 5.30. The zero-order chi connectivity index (χ0) is 21.5. The van der Waals surface area contributed by atoms with Gasteiger partial charge in [-0.1, -0.05) is 0 Å². The monoisotopic (exact) mass is 424 g/mol. The Balaban J connectivity index is 1.66. The average molecular weight is 424 g/mol. The molecule has 0 fully saturated rings. The Kier molecular flexibility index (Phi) is 6.92. The van der Waals surface area contributed by atoms with Crippen molar-refractivity contribution in [3.63, 3.8) is 0 Å². The lowest BCUT2D eigenvalue weighted by atomic mass is 10.2. The van der Waals surface area contributed by atoms with Crippen LogP contribution in [0.25, 0.3) is 0 Å². The molecule has 0 bridgehead atoms. The van der Waals surface area contributed by atoms with Crippen LogP contribution in [0.1, 0.15) is 17.3 Å². The molecule has 1 amide bonds. The highest BCUT2D eigenvalue weighted by Crippen LogP contribution is 2.29. The molecule has 0 spiro atoms. The van der Waals surface area contributed by atoms with Gasteiger partial charge in [0.1, 0.15) is 17.2 Å². The summed E-state index contributed by atoms with van der Waals surface area (Å²) >= 11 is 1.26. The summed E-state index contributed by atoms with van der Waals surface area (Å²) in [4.78, 5) is 23.7. The molecule has 1 N–H and O–H groups in total. The molecule has 30 heavy (non-hydrogen) atoms. The molecule has 7 nitrogen and oxygen atoms in total. The van der Waals surface area contributed by atoms with E-state index in [-0.39, 0.29) is 11.3 Å². The summed E-state index contributed by atoms with van der Waals surface area (Å²) in [6, 6.07) is 18.6. The van der Waals surface area contributed by atoms with E-state index in [9.17, 15) is 14.9 Å². The number of nitrogens with one attached hydrogen (secondary N) is 1. The van der Waals surface area contributed by atoms with Crippen LogP contribution < -0.4 is 14.8 Å². The van der Waals surface area contributed by atoms with E-state index < -0.39 is 10.8 Å². The number of nitrogens with zero attached hydrogens (tertiary/aromatic N) is 1. The van der Waals surface area contributed by atoms with E-state index in [0.29, 0.717) is 28.7 Å². The number of nitro groups is 1. The molecule has 0 aromatic heterocycles. The van der Waals surface area contributed by atoms with Crippen LogP contribution in [0.2, 0.25) is 0 Å². The Hall–Kier alpha value is -3.52. The minimum absolute atomic E-state index is 0.0887. The maximum Gasteiger partial charge on any atom is 0.283 e. The molecule has 0 saturated carbocycles. The van der Waals surface area contributed by atoms with Crippen molar-refractivity contribution in [2.24, 2.45) is 0 Å². The van der Waals surface area contributed by atoms with E-state index in [1.54, 1.807) is 42.7 Å². The number of nitro benzene ring substituents is 1. The fourth-order valence-electron chi connectivity index (χ4n) is 2.69. The Morgan fingerprint density at radius 2 is 1.60 bits per heavy atom. The number of thioether (sulfide) groups is 1. The first-order valence-electron chi connectivity index (χ1n) is 9.14. The van der Waals surface area contributed by atoms with Gasteiger partial charge in [-0.25, -0.2) is 0 Å². The van der Waals surface area contributed by atoms with Gasteiger partial charge in [0.15, 0.2) is 0 Å². The van der Waals surface area contributed by atoms with Crippen molar-refractivity contribution in [3.05, 3.63) is 82.4 Å². The first-order chi connectivity index (χ1) is 14.5. The number of carbonyl (C=O) groups excluding carboxylic acids is 1. The number of rotatable bonds is 8. The predicted molar refractivity (Wildman–Crippen MR) is 117 cm³/mol. The van der Waals surface area contributed by atoms with Crippen LogP contribution in [0.5, 0.6) is 17.2 Å². The lowest BCUT2D eigenvalue weighted by molar-refractivity contribution is -0.387. The molecule has 0 atom stereocenters. The number of amides is 1. The summed E-state index contributed by atoms with van der Waals surface area (Å²) < 4.78 is 11.2. The maximum atomic E-state index is 12.5. The smallest absolute Gasteiger partial charge is 0.283 e. The van der Waals surface area contributed by atoms with Gasteiger partial charge >= 0.3 is 0 Å². The van der Waals surface area contributed by atoms with E-state index in [1.807, 2.05) is 31.2 Å². The predicted octanol–water partition coefficient (Wildman–Crippen LogP) is 5.76. The Morgan fingerprint density at radius 1 is 1.00 bits per heavy atom. The molecular formula is C22H20N2O5S. The van der Waals surface area contributed by atoms with Gasteiger partial charge in [0, 0.05) is 17.3 Å². The van der Waals surface area contributed by atoms with Crippen LogP contribution in [0.4, 0.5) is 11.4 Å². The number of anilines is 1. The van der Waals surface area contributed by atoms with Gasteiger partial charge in [-0.3, -0.25) is 14.9 Å². The van der Waals surface area contributed by atoms with E-state index in [1.165, 1.54) is 17.8 Å². The van der Waals surface area contributed by atoms with E-state index in [2.05, 4.69) is 5.32 Å². The van der Waals surface area contributed by atoms with Crippen LogP contribution in [0.15, 0.2) is 71.6 Å². The second-order valence-corrected chi connectivity index (χ2v) is 6.98. The van der Waals surface area contributed by atoms with Crippen molar-refractivity contribution in [1.29, 1.82) is 0 Å². The third-order valence-corrected chi connectivity index (χ3v) is 4.91. The molecule has 0 aliphatic carbocycles. The van der Waals surface area contributed by atoms with Gasteiger partial charge in [-0.05, 0) is 73.8 Å². The van der Waals surface area contributed by atoms with Crippen LogP contribution >= 0.6 is 11.8 Å². The number of ether oxygens (including phenoxy) is 2. The molecular weight excluding hydrogens is 404 g/mol. The molecule has 3 aromatic rings. The minimum Gasteiger partial charge on any atom is -0.494 e. The Bertz CT molecular complexity index is 1040. The van der Waals surface area contributed by atoms with Crippen molar-refractivity contribution in [1.82, 2.24) is 0 Å². The fraction of sp³-hybridized carbons (Fsp3) is 0.136. The molecule has 3 rings (SSSR count). The zero-order valence-electron chi connectivity index (χ0n) is 16.5. The topological polar surface area (TPSA) is 90.7 Å². The first kappa shape index (κ1) is 21.2. The number of hydrogen-bond donors (Lipinski definition) is 1. The molecule has 8 heteroatoms. The van der Waals surface area contributed by atoms with Crippen molar-refractivity contribution in [2.75, 3.05) is 18.2 Å². The van der Waals surface area contributed by atoms with Crippen LogP contribution in [-0.2, 0) is 0 Å². The summed E-state index contributed by atoms with van der Waals surface area (Å²) in [5.41, 5.74) is 0.680. The third-order valence-electron chi connectivity index (χ3n) is 4.12. The highest BCUT2D eigenvalue weighted by atomic mass is 32.2. The minimum atomic E-state index is -0.490. The molecule has 0 radical (unpaired) electrons. The van der Waals surface area contributed by atoms with Gasteiger partial charge in [0.05, 0.1) is 16.4 Å². The molecule has 3 aromatic carbocycles. The van der Waals surface area contributed by atoms with Crippen molar-refractivity contribution < 1.29 is 19.2 Å². The van der Waals surface area contributed by atoms with Gasteiger partial charge < -0.3 is 14.8 Å². The summed E-state index contributed by atoms with van der Waals surface area (Å²) in [5, 5.41) is 13.9. The zero-order valence-corrected chi connectivity index (χ0v) is 17.3. The summed E-state index contributed by atoms with van der Waals surface area (Å²) in [6.45, 7) is 2.52. The Morgan fingerprint density at radius 3 is 2.17 bits per heavy atom. The lowest BCUT2D eigenvalue weighted by Gasteiger charge is -2.09. The summed E-state index contributed by atoms with van der Waals surface area (Å²) in [6.07, 6.45) is 1.75. The lowest BCUT2D eigenvalue weighted by Crippen LogP contribution is -2.12. The number of hydrogen-bond acceptors (Lipinski definition) is 6. The Labute approximate surface area is 178 Å². The summed E-state index contributed by atoms with van der Waals surface area (Å²) in [5.74, 6) is 1.62. The van der Waals surface area contributed by atoms with Gasteiger partial charge in [0.25, 0.3) is 11.6 Å². The second kappa shape index (κ2) is 9.80. The second-order valence-electron chi connectivity index (χ2n) is 6.13. The van der Waals surface area contributed by atoms with Crippen LogP contribution in [0, 0.1) is 10.1 Å². The highest BCUT2D eigenvalue weighted by molar-refractivity contribution is 7.98. The maximum absolute atomic E-state index is 12.5. The fourth-order valence-corrected chi connectivity index (χ4v) is 3.24. The molecule has 0 aliphatic rings. The van der Waals surface area contributed by atoms with E-state index in [4.69, 9.17) is 9.47 Å². The standard InChI is InChI=1S/C22H20N2O5S/c1-3-28-17-9-11-19(12-10-17)29-18-7-5-16(6-8-18)23-22(25)15-4-13-21(30-2)20(14-15)24(26)27/h4-14H,3H2,1-2H3,(H,23,25). The van der Waals surface area contributed by atoms with Crippen molar-refractivity contribution in [3.8, 4) is 17.2 Å². The normalized spacial score (nSPS) is 10.3. The largest absolute Gasteiger partial charge is 0.494 e. The van der Waals surface area contributed by atoms with E-state index >= 15 is 0 Å². The SMILES string of the molecule is CCOc1ccc(Oc2ccc(NC(=O)c3ccc(SC)c([N+](=O)[O-])c3)cc2)cc1.